The highest BCUT2D eigenvalue weighted by Gasteiger charge is 2.20. The second-order valence-corrected chi connectivity index (χ2v) is 2.93. The van der Waals surface area contributed by atoms with E-state index in [1.807, 2.05) is 0 Å². The minimum absolute atomic E-state index is 0.0247. The summed E-state index contributed by atoms with van der Waals surface area (Å²) in [4.78, 5) is 31.8. The fourth-order valence-electron chi connectivity index (χ4n) is 0.923. The summed E-state index contributed by atoms with van der Waals surface area (Å²) in [6, 6.07) is -1.17. The molecule has 7 nitrogen and oxygen atoms in total. The van der Waals surface area contributed by atoms with Gasteiger partial charge in [-0.2, -0.15) is 0 Å². The molecule has 0 unspecified atom stereocenters. The Bertz CT molecular complexity index is 253. The Morgan fingerprint density at radius 2 is 1.80 bits per heavy atom. The van der Waals surface area contributed by atoms with Crippen molar-refractivity contribution in [2.75, 3.05) is 6.54 Å². The number of amides is 1. The molecule has 0 spiro atoms. The summed E-state index contributed by atoms with van der Waals surface area (Å²) < 4.78 is 0. The van der Waals surface area contributed by atoms with Gasteiger partial charge in [-0.25, -0.2) is 4.79 Å². The third kappa shape index (κ3) is 6.44. The van der Waals surface area contributed by atoms with E-state index in [-0.39, 0.29) is 25.8 Å². The standard InChI is InChI=1S/C8H14N2O5/c9-4-3-6(11)10-5(8(14)15)1-2-7(12)13/h5H,1-4,9H2,(H,10,11)(H,12,13)(H,14,15)/t5-/m0/s1. The lowest BCUT2D eigenvalue weighted by molar-refractivity contribution is -0.143. The number of carbonyl (C=O) groups excluding carboxylic acids is 1. The largest absolute Gasteiger partial charge is 0.481 e. The van der Waals surface area contributed by atoms with Crippen molar-refractivity contribution in [1.82, 2.24) is 5.32 Å². The van der Waals surface area contributed by atoms with Gasteiger partial charge in [0.25, 0.3) is 0 Å². The molecule has 1 amide bonds. The number of nitrogens with two attached hydrogens (primary N) is 1. The van der Waals surface area contributed by atoms with Crippen molar-refractivity contribution >= 4 is 17.8 Å². The molecule has 0 aliphatic carbocycles. The zero-order chi connectivity index (χ0) is 11.8. The molecule has 5 N–H and O–H groups in total. The zero-order valence-electron chi connectivity index (χ0n) is 8.10. The molecule has 0 heterocycles. The highest BCUT2D eigenvalue weighted by atomic mass is 16.4. The van der Waals surface area contributed by atoms with Crippen LogP contribution in [0.4, 0.5) is 0 Å². The second kappa shape index (κ2) is 6.77. The van der Waals surface area contributed by atoms with Crippen LogP contribution in [0.25, 0.3) is 0 Å². The third-order valence-electron chi connectivity index (χ3n) is 1.65. The van der Waals surface area contributed by atoms with Crippen molar-refractivity contribution in [3.8, 4) is 0 Å². The van der Waals surface area contributed by atoms with E-state index < -0.39 is 23.9 Å². The summed E-state index contributed by atoms with van der Waals surface area (Å²) in [5.41, 5.74) is 5.10. The molecule has 7 heteroatoms. The summed E-state index contributed by atoms with van der Waals surface area (Å²) >= 11 is 0. The van der Waals surface area contributed by atoms with Crippen LogP contribution < -0.4 is 11.1 Å². The first-order valence-corrected chi connectivity index (χ1v) is 4.41. The Kier molecular flexibility index (Phi) is 6.03. The molecule has 0 rings (SSSR count). The van der Waals surface area contributed by atoms with E-state index in [4.69, 9.17) is 15.9 Å². The first kappa shape index (κ1) is 13.4. The lowest BCUT2D eigenvalue weighted by Crippen LogP contribution is -2.41. The Labute approximate surface area is 86.3 Å². The van der Waals surface area contributed by atoms with Crippen LogP contribution in [-0.4, -0.2) is 40.6 Å². The van der Waals surface area contributed by atoms with Crippen molar-refractivity contribution in [3.05, 3.63) is 0 Å². The number of nitrogens with one attached hydrogen (secondary N) is 1. The van der Waals surface area contributed by atoms with Crippen molar-refractivity contribution in [2.24, 2.45) is 5.73 Å². The van der Waals surface area contributed by atoms with Crippen LogP contribution in [0.15, 0.2) is 0 Å². The lowest BCUT2D eigenvalue weighted by atomic mass is 10.1. The SMILES string of the molecule is NCCC(=O)N[C@@H](CCC(=O)O)C(=O)O. The molecule has 0 aromatic rings. The number of hydrogen-bond acceptors (Lipinski definition) is 4. The normalized spacial score (nSPS) is 11.8. The molecule has 1 atom stereocenters. The Morgan fingerprint density at radius 1 is 1.20 bits per heavy atom. The van der Waals surface area contributed by atoms with Crippen LogP contribution in [0.3, 0.4) is 0 Å². The van der Waals surface area contributed by atoms with Gasteiger partial charge in [-0.3, -0.25) is 9.59 Å². The second-order valence-electron chi connectivity index (χ2n) is 2.93. The average molecular weight is 218 g/mol. The molecule has 0 radical (unpaired) electrons. The van der Waals surface area contributed by atoms with E-state index in [2.05, 4.69) is 5.32 Å². The number of carboxylic acids is 2. The van der Waals surface area contributed by atoms with E-state index in [1.165, 1.54) is 0 Å². The average Bonchev–Trinajstić information content (AvgIpc) is 2.11. The monoisotopic (exact) mass is 218 g/mol. The minimum Gasteiger partial charge on any atom is -0.481 e. The van der Waals surface area contributed by atoms with Gasteiger partial charge < -0.3 is 21.3 Å². The first-order chi connectivity index (χ1) is 6.97. The predicted molar refractivity (Wildman–Crippen MR) is 50.1 cm³/mol. The van der Waals surface area contributed by atoms with E-state index in [0.29, 0.717) is 0 Å². The first-order valence-electron chi connectivity index (χ1n) is 4.41. The maximum atomic E-state index is 11.0. The van der Waals surface area contributed by atoms with Crippen molar-refractivity contribution in [1.29, 1.82) is 0 Å². The molecule has 0 aliphatic rings. The van der Waals surface area contributed by atoms with Gasteiger partial charge in [-0.1, -0.05) is 0 Å². The molecule has 0 saturated heterocycles. The van der Waals surface area contributed by atoms with Crippen LogP contribution in [-0.2, 0) is 14.4 Å². The van der Waals surface area contributed by atoms with Gasteiger partial charge in [0.05, 0.1) is 0 Å². The van der Waals surface area contributed by atoms with E-state index >= 15 is 0 Å². The molecular formula is C8H14N2O5. The minimum atomic E-state index is -1.25. The zero-order valence-corrected chi connectivity index (χ0v) is 8.10. The van der Waals surface area contributed by atoms with Crippen LogP contribution in [0.1, 0.15) is 19.3 Å². The summed E-state index contributed by atoms with van der Waals surface area (Å²) in [5, 5.41) is 19.2. The number of aliphatic carboxylic acids is 2. The maximum Gasteiger partial charge on any atom is 0.326 e. The molecule has 15 heavy (non-hydrogen) atoms. The van der Waals surface area contributed by atoms with Gasteiger partial charge in [0.2, 0.25) is 5.91 Å². The van der Waals surface area contributed by atoms with Crippen molar-refractivity contribution in [3.63, 3.8) is 0 Å². The Hall–Kier alpha value is -1.63. The van der Waals surface area contributed by atoms with Crippen LogP contribution in [0, 0.1) is 0 Å². The van der Waals surface area contributed by atoms with Gasteiger partial charge in [0, 0.05) is 19.4 Å². The third-order valence-corrected chi connectivity index (χ3v) is 1.65. The van der Waals surface area contributed by atoms with Gasteiger partial charge in [-0.05, 0) is 6.42 Å². The molecule has 0 aliphatic heterocycles. The molecular weight excluding hydrogens is 204 g/mol. The summed E-state index contributed by atoms with van der Waals surface area (Å²) in [6.45, 7) is 0.122. The highest BCUT2D eigenvalue weighted by molar-refractivity contribution is 5.84. The van der Waals surface area contributed by atoms with Crippen LogP contribution in [0.2, 0.25) is 0 Å². The summed E-state index contributed by atoms with van der Waals surface area (Å²) in [7, 11) is 0. The molecule has 0 aromatic carbocycles. The van der Waals surface area contributed by atoms with E-state index in [1.54, 1.807) is 0 Å². The Balaban J connectivity index is 4.10. The van der Waals surface area contributed by atoms with Gasteiger partial charge in [-0.15, -0.1) is 0 Å². The van der Waals surface area contributed by atoms with Gasteiger partial charge in [0.1, 0.15) is 6.04 Å². The number of carboxylic acid groups (broad SMARTS) is 2. The van der Waals surface area contributed by atoms with Crippen molar-refractivity contribution < 1.29 is 24.6 Å². The summed E-state index contributed by atoms with van der Waals surface area (Å²) in [6.07, 6.45) is -0.419. The van der Waals surface area contributed by atoms with E-state index in [9.17, 15) is 14.4 Å². The van der Waals surface area contributed by atoms with Crippen LogP contribution >= 0.6 is 0 Å². The summed E-state index contributed by atoms with van der Waals surface area (Å²) in [5.74, 6) is -2.84. The quantitative estimate of drug-likeness (QED) is 0.423. The lowest BCUT2D eigenvalue weighted by Gasteiger charge is -2.12. The topological polar surface area (TPSA) is 130 Å². The molecule has 0 aromatic heterocycles. The fourth-order valence-corrected chi connectivity index (χ4v) is 0.923. The molecule has 0 saturated carbocycles. The number of carbonyl (C=O) groups is 3. The fraction of sp³-hybridized carbons (Fsp3) is 0.625. The molecule has 0 fully saturated rings. The maximum absolute atomic E-state index is 11.0. The number of rotatable bonds is 7. The predicted octanol–water partition coefficient (Wildman–Crippen LogP) is -1.23. The smallest absolute Gasteiger partial charge is 0.326 e. The number of hydrogen-bond donors (Lipinski definition) is 4. The van der Waals surface area contributed by atoms with Crippen LogP contribution in [0.5, 0.6) is 0 Å². The van der Waals surface area contributed by atoms with Crippen molar-refractivity contribution in [2.45, 2.75) is 25.3 Å². The van der Waals surface area contributed by atoms with Gasteiger partial charge >= 0.3 is 11.9 Å². The Morgan fingerprint density at radius 3 is 2.20 bits per heavy atom. The highest BCUT2D eigenvalue weighted by Crippen LogP contribution is 1.98. The molecule has 86 valence electrons. The van der Waals surface area contributed by atoms with E-state index in [0.717, 1.165) is 0 Å². The molecule has 0 bridgehead atoms. The van der Waals surface area contributed by atoms with Gasteiger partial charge in [0.15, 0.2) is 0 Å².